The molecule has 0 aliphatic heterocycles. The Morgan fingerprint density at radius 2 is 1.55 bits per heavy atom. The zero-order valence-corrected chi connectivity index (χ0v) is 13.5. The van der Waals surface area contributed by atoms with Crippen molar-refractivity contribution in [3.63, 3.8) is 0 Å². The predicted molar refractivity (Wildman–Crippen MR) is 91.7 cm³/mol. The second-order valence-corrected chi connectivity index (χ2v) is 5.93. The maximum atomic E-state index is 12.2. The van der Waals surface area contributed by atoms with Crippen molar-refractivity contribution in [3.05, 3.63) is 66.2 Å². The van der Waals surface area contributed by atoms with Crippen LogP contribution in [0.2, 0.25) is 0 Å². The first-order valence-electron chi connectivity index (χ1n) is 7.68. The zero-order valence-electron chi connectivity index (χ0n) is 13.5. The van der Waals surface area contributed by atoms with Crippen LogP contribution in [-0.4, -0.2) is 24.4 Å². The molecule has 0 radical (unpaired) electrons. The van der Waals surface area contributed by atoms with Crippen molar-refractivity contribution in [1.29, 1.82) is 0 Å². The van der Waals surface area contributed by atoms with Gasteiger partial charge in [-0.3, -0.25) is 9.69 Å². The molecule has 0 unspecified atom stereocenters. The Morgan fingerprint density at radius 3 is 2.09 bits per heavy atom. The molecule has 2 aromatic rings. The molecule has 0 spiro atoms. The van der Waals surface area contributed by atoms with Gasteiger partial charge in [-0.05, 0) is 30.7 Å². The fourth-order valence-electron chi connectivity index (χ4n) is 2.85. The lowest BCUT2D eigenvalue weighted by atomic mass is 9.95. The van der Waals surface area contributed by atoms with Crippen molar-refractivity contribution >= 4 is 11.6 Å². The van der Waals surface area contributed by atoms with Gasteiger partial charge < -0.3 is 5.32 Å². The molecule has 0 bridgehead atoms. The van der Waals surface area contributed by atoms with Crippen molar-refractivity contribution in [1.82, 2.24) is 4.90 Å². The van der Waals surface area contributed by atoms with Gasteiger partial charge in [0.1, 0.15) is 0 Å². The van der Waals surface area contributed by atoms with E-state index < -0.39 is 0 Å². The third-order valence-corrected chi connectivity index (χ3v) is 3.70. The molecule has 22 heavy (non-hydrogen) atoms. The van der Waals surface area contributed by atoms with Crippen molar-refractivity contribution in [2.24, 2.45) is 5.92 Å². The lowest BCUT2D eigenvalue weighted by molar-refractivity contribution is -0.117. The third kappa shape index (κ3) is 4.43. The number of carbonyl (C=O) groups is 1. The molecule has 0 fully saturated rings. The van der Waals surface area contributed by atoms with E-state index in [0.29, 0.717) is 12.5 Å². The van der Waals surface area contributed by atoms with Crippen molar-refractivity contribution in [2.45, 2.75) is 19.9 Å². The van der Waals surface area contributed by atoms with Crippen LogP contribution in [0.4, 0.5) is 5.69 Å². The first-order chi connectivity index (χ1) is 10.6. The summed E-state index contributed by atoms with van der Waals surface area (Å²) in [6.07, 6.45) is 0. The Morgan fingerprint density at radius 1 is 1.00 bits per heavy atom. The summed E-state index contributed by atoms with van der Waals surface area (Å²) in [7, 11) is 2.00. The molecule has 1 amide bonds. The van der Waals surface area contributed by atoms with Gasteiger partial charge in [0.05, 0.1) is 6.54 Å². The van der Waals surface area contributed by atoms with Gasteiger partial charge >= 0.3 is 0 Å². The van der Waals surface area contributed by atoms with E-state index in [1.165, 1.54) is 5.56 Å². The molecule has 0 aliphatic carbocycles. The summed E-state index contributed by atoms with van der Waals surface area (Å²) in [6.45, 7) is 4.74. The maximum absolute atomic E-state index is 12.2. The van der Waals surface area contributed by atoms with E-state index in [2.05, 4.69) is 36.2 Å². The lowest BCUT2D eigenvalue weighted by Gasteiger charge is -2.31. The molecule has 3 nitrogen and oxygen atoms in total. The van der Waals surface area contributed by atoms with Crippen LogP contribution >= 0.6 is 0 Å². The Labute approximate surface area is 133 Å². The molecule has 0 saturated carbocycles. The first-order valence-corrected chi connectivity index (χ1v) is 7.68. The highest BCUT2D eigenvalue weighted by molar-refractivity contribution is 5.92. The molecule has 3 heteroatoms. The van der Waals surface area contributed by atoms with Crippen LogP contribution in [0.15, 0.2) is 60.7 Å². The lowest BCUT2D eigenvalue weighted by Crippen LogP contribution is -2.35. The molecule has 0 aliphatic rings. The van der Waals surface area contributed by atoms with Gasteiger partial charge in [0.2, 0.25) is 5.91 Å². The van der Waals surface area contributed by atoms with E-state index >= 15 is 0 Å². The topological polar surface area (TPSA) is 32.3 Å². The number of carbonyl (C=O) groups excluding carboxylic acids is 1. The molecule has 1 N–H and O–H groups in total. The molecule has 0 aromatic heterocycles. The number of hydrogen-bond donors (Lipinski definition) is 1. The van der Waals surface area contributed by atoms with Gasteiger partial charge in [-0.15, -0.1) is 0 Å². The minimum absolute atomic E-state index is 0.00952. The Kier molecular flexibility index (Phi) is 5.73. The van der Waals surface area contributed by atoms with Crippen LogP contribution in [0.25, 0.3) is 0 Å². The Bertz CT molecular complexity index is 581. The van der Waals surface area contributed by atoms with Crippen molar-refractivity contribution in [2.75, 3.05) is 18.9 Å². The number of likely N-dealkylation sites (N-methyl/N-ethyl adjacent to an activating group) is 1. The van der Waals surface area contributed by atoms with E-state index in [0.717, 1.165) is 5.69 Å². The number of rotatable bonds is 6. The van der Waals surface area contributed by atoms with E-state index in [-0.39, 0.29) is 11.9 Å². The average molecular weight is 296 g/mol. The number of nitrogens with one attached hydrogen (secondary N) is 1. The van der Waals surface area contributed by atoms with Crippen molar-refractivity contribution in [3.8, 4) is 0 Å². The number of para-hydroxylation sites is 1. The van der Waals surface area contributed by atoms with E-state index in [1.54, 1.807) is 0 Å². The van der Waals surface area contributed by atoms with Crippen LogP contribution < -0.4 is 5.32 Å². The van der Waals surface area contributed by atoms with E-state index in [9.17, 15) is 4.79 Å². The standard InChI is InChI=1S/C19H24N2O/c1-15(2)19(16-10-6-4-7-11-16)21(3)14-18(22)20-17-12-8-5-9-13-17/h4-13,15,19H,14H2,1-3H3,(H,20,22)/t19-/m0/s1. The average Bonchev–Trinajstić information content (AvgIpc) is 2.48. The van der Waals surface area contributed by atoms with Gasteiger partial charge in [0.15, 0.2) is 0 Å². The second-order valence-electron chi connectivity index (χ2n) is 5.93. The zero-order chi connectivity index (χ0) is 15.9. The van der Waals surface area contributed by atoms with Crippen LogP contribution in [0, 0.1) is 5.92 Å². The summed E-state index contributed by atoms with van der Waals surface area (Å²) in [5, 5.41) is 2.94. The molecule has 2 rings (SSSR count). The van der Waals surface area contributed by atoms with Gasteiger partial charge in [-0.25, -0.2) is 0 Å². The van der Waals surface area contributed by atoms with Gasteiger partial charge in [0, 0.05) is 11.7 Å². The monoisotopic (exact) mass is 296 g/mol. The van der Waals surface area contributed by atoms with Gasteiger partial charge in [-0.2, -0.15) is 0 Å². The Balaban J connectivity index is 2.02. The van der Waals surface area contributed by atoms with Gasteiger partial charge in [-0.1, -0.05) is 62.4 Å². The molecular formula is C19H24N2O. The van der Waals surface area contributed by atoms with Crippen LogP contribution in [0.1, 0.15) is 25.5 Å². The molecule has 0 saturated heterocycles. The van der Waals surface area contributed by atoms with E-state index in [4.69, 9.17) is 0 Å². The van der Waals surface area contributed by atoms with Crippen LogP contribution in [0.5, 0.6) is 0 Å². The molecule has 116 valence electrons. The number of hydrogen-bond acceptors (Lipinski definition) is 2. The fraction of sp³-hybridized carbons (Fsp3) is 0.316. The highest BCUT2D eigenvalue weighted by Crippen LogP contribution is 2.27. The van der Waals surface area contributed by atoms with Gasteiger partial charge in [0.25, 0.3) is 0 Å². The minimum atomic E-state index is 0.00952. The van der Waals surface area contributed by atoms with Crippen LogP contribution in [-0.2, 0) is 4.79 Å². The number of amides is 1. The normalized spacial score (nSPS) is 12.4. The summed E-state index contributed by atoms with van der Waals surface area (Å²) < 4.78 is 0. The highest BCUT2D eigenvalue weighted by atomic mass is 16.2. The van der Waals surface area contributed by atoms with Crippen LogP contribution in [0.3, 0.4) is 0 Å². The summed E-state index contributed by atoms with van der Waals surface area (Å²) in [6, 6.07) is 20.1. The molecular weight excluding hydrogens is 272 g/mol. The number of benzene rings is 2. The second kappa shape index (κ2) is 7.76. The third-order valence-electron chi connectivity index (χ3n) is 3.70. The SMILES string of the molecule is CC(C)[C@@H](c1ccccc1)N(C)CC(=O)Nc1ccccc1. The largest absolute Gasteiger partial charge is 0.325 e. The summed E-state index contributed by atoms with van der Waals surface area (Å²) >= 11 is 0. The predicted octanol–water partition coefficient (Wildman–Crippen LogP) is 3.95. The van der Waals surface area contributed by atoms with Crippen molar-refractivity contribution < 1.29 is 4.79 Å². The number of nitrogens with zero attached hydrogens (tertiary/aromatic N) is 1. The fourth-order valence-corrected chi connectivity index (χ4v) is 2.85. The smallest absolute Gasteiger partial charge is 0.238 e. The number of anilines is 1. The molecule has 2 aromatic carbocycles. The molecule has 1 atom stereocenters. The first kappa shape index (κ1) is 16.2. The Hall–Kier alpha value is -2.13. The maximum Gasteiger partial charge on any atom is 0.238 e. The highest BCUT2D eigenvalue weighted by Gasteiger charge is 2.22. The summed E-state index contributed by atoms with van der Waals surface area (Å²) in [5.74, 6) is 0.437. The summed E-state index contributed by atoms with van der Waals surface area (Å²) in [5.41, 5.74) is 2.08. The van der Waals surface area contributed by atoms with E-state index in [1.807, 2.05) is 55.6 Å². The quantitative estimate of drug-likeness (QED) is 0.875. The summed E-state index contributed by atoms with van der Waals surface area (Å²) in [4.78, 5) is 14.3. The minimum Gasteiger partial charge on any atom is -0.325 e. The molecule has 0 heterocycles.